The Labute approximate surface area is 106 Å². The summed E-state index contributed by atoms with van der Waals surface area (Å²) in [5.74, 6) is 0.762. The zero-order chi connectivity index (χ0) is 13.1. The van der Waals surface area contributed by atoms with Gasteiger partial charge in [0.2, 0.25) is 10.0 Å². The highest BCUT2D eigenvalue weighted by molar-refractivity contribution is 7.89. The second kappa shape index (κ2) is 6.16. The highest BCUT2D eigenvalue weighted by atomic mass is 32.2. The quantitative estimate of drug-likeness (QED) is 0.787. The van der Waals surface area contributed by atoms with Crippen LogP contribution in [0.3, 0.4) is 0 Å². The van der Waals surface area contributed by atoms with Crippen LogP contribution in [0.5, 0.6) is 0 Å². The summed E-state index contributed by atoms with van der Waals surface area (Å²) >= 11 is 0. The van der Waals surface area contributed by atoms with Crippen molar-refractivity contribution in [1.29, 1.82) is 0 Å². The molecule has 0 heterocycles. The second-order valence-corrected chi connectivity index (χ2v) is 7.34. The normalized spacial score (nSPS) is 26.0. The molecule has 5 heteroatoms. The zero-order valence-electron chi connectivity index (χ0n) is 11.2. The first-order valence-corrected chi connectivity index (χ1v) is 8.22. The van der Waals surface area contributed by atoms with Gasteiger partial charge in [-0.3, -0.25) is 0 Å². The van der Waals surface area contributed by atoms with Gasteiger partial charge in [-0.15, -0.1) is 0 Å². The highest BCUT2D eigenvalue weighted by Crippen LogP contribution is 2.31. The molecular formula is C12H26N2O2S. The van der Waals surface area contributed by atoms with Crippen LogP contribution in [-0.2, 0) is 10.0 Å². The van der Waals surface area contributed by atoms with Gasteiger partial charge in [0, 0.05) is 12.6 Å². The number of nitrogens with zero attached hydrogens (tertiary/aromatic N) is 1. The standard InChI is InChI=1S/C12H26N2O2S/c1-4-14(17(15,16)9-10(2)3)12-7-5-6-11(12)8-13/h10-12H,4-9,13H2,1-3H3. The topological polar surface area (TPSA) is 63.4 Å². The highest BCUT2D eigenvalue weighted by Gasteiger charge is 2.36. The fourth-order valence-corrected chi connectivity index (χ4v) is 4.94. The summed E-state index contributed by atoms with van der Waals surface area (Å²) in [6, 6.07) is 0.133. The first-order chi connectivity index (χ1) is 7.92. The molecule has 0 aromatic heterocycles. The second-order valence-electron chi connectivity index (χ2n) is 5.37. The first-order valence-electron chi connectivity index (χ1n) is 6.62. The molecule has 102 valence electrons. The molecule has 2 N–H and O–H groups in total. The van der Waals surface area contributed by atoms with Crippen LogP contribution < -0.4 is 5.73 Å². The summed E-state index contributed by atoms with van der Waals surface area (Å²) in [5, 5.41) is 0. The van der Waals surface area contributed by atoms with E-state index in [0.717, 1.165) is 19.3 Å². The van der Waals surface area contributed by atoms with E-state index in [0.29, 0.717) is 19.0 Å². The average Bonchev–Trinajstić information content (AvgIpc) is 2.64. The molecule has 0 aromatic carbocycles. The molecular weight excluding hydrogens is 236 g/mol. The van der Waals surface area contributed by atoms with Crippen molar-refractivity contribution in [3.05, 3.63) is 0 Å². The first kappa shape index (κ1) is 14.9. The van der Waals surface area contributed by atoms with Crippen molar-refractivity contribution in [2.24, 2.45) is 17.6 Å². The number of hydrogen-bond acceptors (Lipinski definition) is 3. The van der Waals surface area contributed by atoms with Crippen molar-refractivity contribution < 1.29 is 8.42 Å². The van der Waals surface area contributed by atoms with E-state index < -0.39 is 10.0 Å². The molecule has 2 atom stereocenters. The van der Waals surface area contributed by atoms with Crippen LogP contribution in [0.1, 0.15) is 40.0 Å². The third-order valence-electron chi connectivity index (χ3n) is 3.50. The molecule has 1 rings (SSSR count). The molecule has 17 heavy (non-hydrogen) atoms. The van der Waals surface area contributed by atoms with E-state index in [9.17, 15) is 8.42 Å². The maximum Gasteiger partial charge on any atom is 0.214 e. The molecule has 2 unspecified atom stereocenters. The minimum atomic E-state index is -3.12. The molecule has 0 radical (unpaired) electrons. The molecule has 1 aliphatic rings. The van der Waals surface area contributed by atoms with E-state index in [2.05, 4.69) is 0 Å². The number of sulfonamides is 1. The summed E-state index contributed by atoms with van der Waals surface area (Å²) in [7, 11) is -3.12. The smallest absolute Gasteiger partial charge is 0.214 e. The van der Waals surface area contributed by atoms with Crippen molar-refractivity contribution in [2.45, 2.75) is 46.1 Å². The summed E-state index contributed by atoms with van der Waals surface area (Å²) in [6.07, 6.45) is 3.13. The fourth-order valence-electron chi connectivity index (χ4n) is 2.83. The third kappa shape index (κ3) is 3.66. The van der Waals surface area contributed by atoms with Crippen LogP contribution in [0.4, 0.5) is 0 Å². The Hall–Kier alpha value is -0.130. The van der Waals surface area contributed by atoms with Crippen molar-refractivity contribution in [2.75, 3.05) is 18.8 Å². The Morgan fingerprint density at radius 2 is 2.00 bits per heavy atom. The van der Waals surface area contributed by atoms with Crippen LogP contribution in [0, 0.1) is 11.8 Å². The predicted molar refractivity (Wildman–Crippen MR) is 71.2 cm³/mol. The Kier molecular flexibility index (Phi) is 5.41. The molecule has 4 nitrogen and oxygen atoms in total. The Balaban J connectivity index is 2.83. The molecule has 1 fully saturated rings. The lowest BCUT2D eigenvalue weighted by atomic mass is 10.0. The molecule has 0 spiro atoms. The van der Waals surface area contributed by atoms with Gasteiger partial charge in [0.15, 0.2) is 0 Å². The van der Waals surface area contributed by atoms with E-state index >= 15 is 0 Å². The lowest BCUT2D eigenvalue weighted by Gasteiger charge is -2.31. The maximum absolute atomic E-state index is 12.3. The Bertz CT molecular complexity index is 327. The van der Waals surface area contributed by atoms with E-state index in [1.165, 1.54) is 0 Å². The minimum absolute atomic E-state index is 0.133. The van der Waals surface area contributed by atoms with Gasteiger partial charge in [-0.1, -0.05) is 27.2 Å². The number of rotatable bonds is 6. The fraction of sp³-hybridized carbons (Fsp3) is 1.00. The van der Waals surface area contributed by atoms with Gasteiger partial charge in [-0.2, -0.15) is 4.31 Å². The molecule has 0 bridgehead atoms. The van der Waals surface area contributed by atoms with E-state index in [1.807, 2.05) is 20.8 Å². The molecule has 0 amide bonds. The van der Waals surface area contributed by atoms with Gasteiger partial charge in [-0.25, -0.2) is 8.42 Å². The van der Waals surface area contributed by atoms with Crippen LogP contribution in [0.25, 0.3) is 0 Å². The lowest BCUT2D eigenvalue weighted by Crippen LogP contribution is -2.45. The van der Waals surface area contributed by atoms with Gasteiger partial charge >= 0.3 is 0 Å². The molecule has 1 saturated carbocycles. The number of nitrogens with two attached hydrogens (primary N) is 1. The molecule has 0 aliphatic heterocycles. The van der Waals surface area contributed by atoms with Crippen LogP contribution in [-0.4, -0.2) is 37.6 Å². The summed E-state index contributed by atoms with van der Waals surface area (Å²) in [5.41, 5.74) is 5.74. The van der Waals surface area contributed by atoms with Gasteiger partial charge < -0.3 is 5.73 Å². The van der Waals surface area contributed by atoms with Gasteiger partial charge in [0.25, 0.3) is 0 Å². The number of hydrogen-bond donors (Lipinski definition) is 1. The van der Waals surface area contributed by atoms with Crippen LogP contribution in [0.2, 0.25) is 0 Å². The lowest BCUT2D eigenvalue weighted by molar-refractivity contribution is 0.275. The van der Waals surface area contributed by atoms with Crippen LogP contribution >= 0.6 is 0 Å². The van der Waals surface area contributed by atoms with Crippen LogP contribution in [0.15, 0.2) is 0 Å². The van der Waals surface area contributed by atoms with Gasteiger partial charge in [-0.05, 0) is 31.2 Å². The van der Waals surface area contributed by atoms with Crippen molar-refractivity contribution in [3.8, 4) is 0 Å². The van der Waals surface area contributed by atoms with E-state index in [4.69, 9.17) is 5.73 Å². The summed E-state index contributed by atoms with van der Waals surface area (Å²) < 4.78 is 26.3. The van der Waals surface area contributed by atoms with Gasteiger partial charge in [0.1, 0.15) is 0 Å². The molecule has 0 aromatic rings. The van der Waals surface area contributed by atoms with E-state index in [1.54, 1.807) is 4.31 Å². The van der Waals surface area contributed by atoms with Crippen molar-refractivity contribution in [1.82, 2.24) is 4.31 Å². The monoisotopic (exact) mass is 262 g/mol. The zero-order valence-corrected chi connectivity index (χ0v) is 12.0. The largest absolute Gasteiger partial charge is 0.330 e. The predicted octanol–water partition coefficient (Wildman–Crippen LogP) is 1.42. The SMILES string of the molecule is CCN(C1CCCC1CN)S(=O)(=O)CC(C)C. The van der Waals surface area contributed by atoms with Gasteiger partial charge in [0.05, 0.1) is 5.75 Å². The minimum Gasteiger partial charge on any atom is -0.330 e. The Morgan fingerprint density at radius 3 is 2.47 bits per heavy atom. The molecule has 0 saturated heterocycles. The Morgan fingerprint density at radius 1 is 1.35 bits per heavy atom. The molecule has 1 aliphatic carbocycles. The summed E-state index contributed by atoms with van der Waals surface area (Å²) in [6.45, 7) is 6.97. The van der Waals surface area contributed by atoms with E-state index in [-0.39, 0.29) is 17.7 Å². The van der Waals surface area contributed by atoms with Crippen molar-refractivity contribution >= 4 is 10.0 Å². The average molecular weight is 262 g/mol. The third-order valence-corrected chi connectivity index (χ3v) is 5.84. The van der Waals surface area contributed by atoms with Crippen molar-refractivity contribution in [3.63, 3.8) is 0 Å². The maximum atomic E-state index is 12.3. The summed E-state index contributed by atoms with van der Waals surface area (Å²) in [4.78, 5) is 0.